The van der Waals surface area contributed by atoms with Crippen LogP contribution < -0.4 is 15.5 Å². The number of rotatable bonds is 5. The van der Waals surface area contributed by atoms with E-state index in [0.717, 1.165) is 37.4 Å². The van der Waals surface area contributed by atoms with Gasteiger partial charge in [-0.1, -0.05) is 0 Å². The SMILES string of the molecule is Cn1nc(Nc2cc(N3CC[C@@](C#N)(C4CC4)C3=O)ccn2)cc1C1CNC1. The quantitative estimate of drug-likeness (QED) is 0.826. The van der Waals surface area contributed by atoms with Crippen LogP contribution in [0.1, 0.15) is 30.9 Å². The standard InChI is InChI=1S/C20H23N7O/c1-26-16(13-10-22-11-13)9-18(25-26)24-17-8-15(4-6-23-17)27-7-5-20(12-21,19(27)28)14-2-3-14/h4,6,8-9,13-14,22H,2-3,5,7,10-11H2,1H3,(H,23,24,25)/t20-/m1/s1. The Morgan fingerprint density at radius 3 is 2.82 bits per heavy atom. The highest BCUT2D eigenvalue weighted by Crippen LogP contribution is 2.51. The summed E-state index contributed by atoms with van der Waals surface area (Å²) >= 11 is 0. The first kappa shape index (κ1) is 17.2. The van der Waals surface area contributed by atoms with Crippen LogP contribution in [0.4, 0.5) is 17.3 Å². The lowest BCUT2D eigenvalue weighted by Crippen LogP contribution is -2.40. The van der Waals surface area contributed by atoms with Crippen molar-refractivity contribution in [2.75, 3.05) is 29.9 Å². The number of hydrogen-bond acceptors (Lipinski definition) is 6. The summed E-state index contributed by atoms with van der Waals surface area (Å²) in [5.74, 6) is 2.04. The molecule has 0 radical (unpaired) electrons. The van der Waals surface area contributed by atoms with Crippen molar-refractivity contribution in [3.05, 3.63) is 30.1 Å². The van der Waals surface area contributed by atoms with Crippen LogP contribution in [0, 0.1) is 22.7 Å². The number of hydrogen-bond donors (Lipinski definition) is 2. The van der Waals surface area contributed by atoms with Crippen LogP contribution in [-0.4, -0.2) is 40.3 Å². The first-order chi connectivity index (χ1) is 13.6. The van der Waals surface area contributed by atoms with Gasteiger partial charge in [-0.25, -0.2) is 4.98 Å². The Hall–Kier alpha value is -2.92. The fraction of sp³-hybridized carbons (Fsp3) is 0.500. The molecule has 0 bridgehead atoms. The Kier molecular flexibility index (Phi) is 3.88. The average molecular weight is 377 g/mol. The van der Waals surface area contributed by atoms with E-state index >= 15 is 0 Å². The van der Waals surface area contributed by atoms with Crippen molar-refractivity contribution in [3.63, 3.8) is 0 Å². The van der Waals surface area contributed by atoms with Gasteiger partial charge in [0, 0.05) is 62.3 Å². The molecule has 2 aromatic rings. The largest absolute Gasteiger partial charge is 0.323 e. The summed E-state index contributed by atoms with van der Waals surface area (Å²) in [6.07, 6.45) is 4.26. The maximum absolute atomic E-state index is 13.0. The number of nitrogens with zero attached hydrogens (tertiary/aromatic N) is 5. The van der Waals surface area contributed by atoms with E-state index in [4.69, 9.17) is 0 Å². The van der Waals surface area contributed by atoms with E-state index in [9.17, 15) is 10.1 Å². The molecular weight excluding hydrogens is 354 g/mol. The molecular formula is C20H23N7O. The third kappa shape index (κ3) is 2.66. The number of nitriles is 1. The fourth-order valence-corrected chi connectivity index (χ4v) is 4.34. The molecule has 144 valence electrons. The normalized spacial score (nSPS) is 24.9. The molecule has 2 aromatic heterocycles. The highest BCUT2D eigenvalue weighted by Gasteiger charge is 2.56. The van der Waals surface area contributed by atoms with E-state index < -0.39 is 5.41 Å². The molecule has 8 nitrogen and oxygen atoms in total. The van der Waals surface area contributed by atoms with Crippen LogP contribution in [0.25, 0.3) is 0 Å². The predicted octanol–water partition coefficient (Wildman–Crippen LogP) is 1.90. The molecule has 1 amide bonds. The van der Waals surface area contributed by atoms with Crippen molar-refractivity contribution in [2.24, 2.45) is 18.4 Å². The lowest BCUT2D eigenvalue weighted by atomic mass is 9.83. The van der Waals surface area contributed by atoms with Gasteiger partial charge in [0.25, 0.3) is 0 Å². The van der Waals surface area contributed by atoms with E-state index in [-0.39, 0.29) is 11.8 Å². The maximum atomic E-state index is 13.0. The number of carbonyl (C=O) groups excluding carboxylic acids is 1. The number of nitrogens with one attached hydrogen (secondary N) is 2. The highest BCUT2D eigenvalue weighted by atomic mass is 16.2. The number of pyridine rings is 1. The van der Waals surface area contributed by atoms with Crippen molar-refractivity contribution in [2.45, 2.75) is 25.2 Å². The molecule has 0 unspecified atom stereocenters. The van der Waals surface area contributed by atoms with Gasteiger partial charge in [-0.3, -0.25) is 9.48 Å². The fourth-order valence-electron chi connectivity index (χ4n) is 4.34. The van der Waals surface area contributed by atoms with E-state index in [1.54, 1.807) is 11.1 Å². The number of anilines is 3. The summed E-state index contributed by atoms with van der Waals surface area (Å²) in [7, 11) is 1.95. The van der Waals surface area contributed by atoms with Gasteiger partial charge in [-0.2, -0.15) is 10.4 Å². The van der Waals surface area contributed by atoms with Crippen molar-refractivity contribution in [1.29, 1.82) is 5.26 Å². The molecule has 2 aliphatic heterocycles. The second-order valence-electron chi connectivity index (χ2n) is 8.02. The van der Waals surface area contributed by atoms with Gasteiger partial charge < -0.3 is 15.5 Å². The minimum Gasteiger partial charge on any atom is -0.323 e. The van der Waals surface area contributed by atoms with Gasteiger partial charge >= 0.3 is 0 Å². The van der Waals surface area contributed by atoms with Crippen molar-refractivity contribution in [3.8, 4) is 6.07 Å². The zero-order chi connectivity index (χ0) is 19.3. The van der Waals surface area contributed by atoms with Gasteiger partial charge in [0.05, 0.1) is 6.07 Å². The van der Waals surface area contributed by atoms with Crippen LogP contribution in [0.3, 0.4) is 0 Å². The first-order valence-electron chi connectivity index (χ1n) is 9.82. The van der Waals surface area contributed by atoms with E-state index in [1.807, 2.05) is 23.9 Å². The third-order valence-electron chi connectivity index (χ3n) is 6.26. The number of aryl methyl sites for hydroxylation is 1. The summed E-state index contributed by atoms with van der Waals surface area (Å²) in [5.41, 5.74) is 1.14. The van der Waals surface area contributed by atoms with Crippen LogP contribution in [0.15, 0.2) is 24.4 Å². The lowest BCUT2D eigenvalue weighted by Gasteiger charge is -2.26. The van der Waals surface area contributed by atoms with Crippen molar-refractivity contribution in [1.82, 2.24) is 20.1 Å². The molecule has 0 aromatic carbocycles. The molecule has 0 spiro atoms. The van der Waals surface area contributed by atoms with Gasteiger partial charge in [0.1, 0.15) is 11.2 Å². The Bertz CT molecular complexity index is 969. The van der Waals surface area contributed by atoms with Crippen LogP contribution >= 0.6 is 0 Å². The molecule has 2 saturated heterocycles. The summed E-state index contributed by atoms with van der Waals surface area (Å²) in [6.45, 7) is 2.53. The molecule has 5 rings (SSSR count). The number of amides is 1. The second-order valence-corrected chi connectivity index (χ2v) is 8.02. The third-order valence-corrected chi connectivity index (χ3v) is 6.26. The molecule has 4 heterocycles. The predicted molar refractivity (Wildman–Crippen MR) is 104 cm³/mol. The smallest absolute Gasteiger partial charge is 0.247 e. The molecule has 1 saturated carbocycles. The van der Waals surface area contributed by atoms with Crippen molar-refractivity contribution >= 4 is 23.2 Å². The zero-order valence-corrected chi connectivity index (χ0v) is 15.9. The Labute approximate surface area is 163 Å². The Morgan fingerprint density at radius 1 is 1.32 bits per heavy atom. The Balaban J connectivity index is 1.36. The molecule has 1 aliphatic carbocycles. The highest BCUT2D eigenvalue weighted by molar-refractivity contribution is 6.02. The maximum Gasteiger partial charge on any atom is 0.247 e. The Morgan fingerprint density at radius 2 is 2.14 bits per heavy atom. The van der Waals surface area contributed by atoms with Gasteiger partial charge in [-0.05, 0) is 31.2 Å². The van der Waals surface area contributed by atoms with Crippen LogP contribution in [0.5, 0.6) is 0 Å². The molecule has 3 fully saturated rings. The number of aromatic nitrogens is 3. The molecule has 28 heavy (non-hydrogen) atoms. The topological polar surface area (TPSA) is 98.9 Å². The van der Waals surface area contributed by atoms with E-state index in [1.165, 1.54) is 5.69 Å². The van der Waals surface area contributed by atoms with E-state index in [0.29, 0.717) is 24.7 Å². The second kappa shape index (κ2) is 6.31. The first-order valence-corrected chi connectivity index (χ1v) is 9.82. The van der Waals surface area contributed by atoms with Crippen LogP contribution in [0.2, 0.25) is 0 Å². The summed E-state index contributed by atoms with van der Waals surface area (Å²) in [6, 6.07) is 8.07. The summed E-state index contributed by atoms with van der Waals surface area (Å²) < 4.78 is 1.90. The van der Waals surface area contributed by atoms with Crippen molar-refractivity contribution < 1.29 is 4.79 Å². The van der Waals surface area contributed by atoms with E-state index in [2.05, 4.69) is 32.9 Å². The molecule has 2 N–H and O–H groups in total. The molecule has 1 atom stereocenters. The van der Waals surface area contributed by atoms with Gasteiger partial charge in [0.15, 0.2) is 5.82 Å². The zero-order valence-electron chi connectivity index (χ0n) is 15.9. The molecule has 3 aliphatic rings. The average Bonchev–Trinajstić information content (AvgIpc) is 3.36. The minimum absolute atomic E-state index is 0.0627. The lowest BCUT2D eigenvalue weighted by molar-refractivity contribution is -0.123. The monoisotopic (exact) mass is 377 g/mol. The minimum atomic E-state index is -0.830. The molecule has 8 heteroatoms. The summed E-state index contributed by atoms with van der Waals surface area (Å²) in [4.78, 5) is 19.1. The number of carbonyl (C=O) groups is 1. The van der Waals surface area contributed by atoms with Gasteiger partial charge in [-0.15, -0.1) is 0 Å². The summed E-state index contributed by atoms with van der Waals surface area (Å²) in [5, 5.41) is 20.7. The van der Waals surface area contributed by atoms with Gasteiger partial charge in [0.2, 0.25) is 5.91 Å². The van der Waals surface area contributed by atoms with Crippen LogP contribution in [-0.2, 0) is 11.8 Å².